The van der Waals surface area contributed by atoms with Crippen molar-refractivity contribution in [3.05, 3.63) is 52.5 Å². The SMILES string of the molecule is Cc1cccc(C)c1OCCC(=O)Nc1cc(N2CCCS2(=O)=O)ccc1Cl. The van der Waals surface area contributed by atoms with Crippen molar-refractivity contribution in [3.8, 4) is 5.75 Å². The molecule has 1 fully saturated rings. The number of nitrogens with one attached hydrogen (secondary N) is 1. The molecule has 0 saturated carbocycles. The van der Waals surface area contributed by atoms with Crippen molar-refractivity contribution in [1.29, 1.82) is 0 Å². The number of hydrogen-bond donors (Lipinski definition) is 1. The summed E-state index contributed by atoms with van der Waals surface area (Å²) in [5, 5.41) is 3.10. The van der Waals surface area contributed by atoms with Crippen molar-refractivity contribution in [2.75, 3.05) is 28.5 Å². The van der Waals surface area contributed by atoms with Crippen molar-refractivity contribution < 1.29 is 17.9 Å². The zero-order valence-electron chi connectivity index (χ0n) is 15.9. The highest BCUT2D eigenvalue weighted by molar-refractivity contribution is 7.93. The molecule has 0 aromatic heterocycles. The lowest BCUT2D eigenvalue weighted by molar-refractivity contribution is -0.116. The molecule has 2 aromatic carbocycles. The van der Waals surface area contributed by atoms with E-state index in [-0.39, 0.29) is 24.7 Å². The lowest BCUT2D eigenvalue weighted by Crippen LogP contribution is -2.25. The van der Waals surface area contributed by atoms with Crippen LogP contribution in [0.1, 0.15) is 24.0 Å². The van der Waals surface area contributed by atoms with E-state index in [0.717, 1.165) is 16.9 Å². The fourth-order valence-corrected chi connectivity index (χ4v) is 4.90. The van der Waals surface area contributed by atoms with Gasteiger partial charge in [0.15, 0.2) is 0 Å². The van der Waals surface area contributed by atoms with Gasteiger partial charge in [0.2, 0.25) is 15.9 Å². The summed E-state index contributed by atoms with van der Waals surface area (Å²) < 4.78 is 31.3. The zero-order valence-corrected chi connectivity index (χ0v) is 17.4. The maximum atomic E-state index is 12.3. The predicted molar refractivity (Wildman–Crippen MR) is 112 cm³/mol. The lowest BCUT2D eigenvalue weighted by atomic mass is 10.1. The molecule has 1 saturated heterocycles. The predicted octanol–water partition coefficient (Wildman–Crippen LogP) is 3.90. The molecule has 0 radical (unpaired) electrons. The van der Waals surface area contributed by atoms with Gasteiger partial charge in [-0.3, -0.25) is 9.10 Å². The Kier molecular flexibility index (Phi) is 6.15. The average Bonchev–Trinajstić information content (AvgIpc) is 2.98. The van der Waals surface area contributed by atoms with E-state index in [1.807, 2.05) is 32.0 Å². The number of nitrogens with zero attached hydrogens (tertiary/aromatic N) is 1. The van der Waals surface area contributed by atoms with Gasteiger partial charge >= 0.3 is 0 Å². The molecule has 0 atom stereocenters. The lowest BCUT2D eigenvalue weighted by Gasteiger charge is -2.18. The summed E-state index contributed by atoms with van der Waals surface area (Å²) in [5.74, 6) is 0.664. The van der Waals surface area contributed by atoms with Crippen LogP contribution in [0.2, 0.25) is 5.02 Å². The zero-order chi connectivity index (χ0) is 20.3. The molecule has 1 aliphatic heterocycles. The molecule has 0 unspecified atom stereocenters. The van der Waals surface area contributed by atoms with E-state index in [2.05, 4.69) is 5.32 Å². The van der Waals surface area contributed by atoms with Gasteiger partial charge in [-0.25, -0.2) is 8.42 Å². The number of hydrogen-bond acceptors (Lipinski definition) is 4. The van der Waals surface area contributed by atoms with Crippen molar-refractivity contribution in [3.63, 3.8) is 0 Å². The third-order valence-electron chi connectivity index (χ3n) is 4.60. The van der Waals surface area contributed by atoms with Gasteiger partial charge in [0.05, 0.1) is 35.2 Å². The van der Waals surface area contributed by atoms with Crippen LogP contribution in [0.5, 0.6) is 5.75 Å². The van der Waals surface area contributed by atoms with Crippen LogP contribution >= 0.6 is 11.6 Å². The van der Waals surface area contributed by atoms with Crippen molar-refractivity contribution in [1.82, 2.24) is 0 Å². The van der Waals surface area contributed by atoms with Crippen LogP contribution in [0.15, 0.2) is 36.4 Å². The fraction of sp³-hybridized carbons (Fsp3) is 0.350. The summed E-state index contributed by atoms with van der Waals surface area (Å²) >= 11 is 6.18. The Hall–Kier alpha value is -2.25. The molecular formula is C20H23ClN2O4S. The minimum absolute atomic E-state index is 0.132. The maximum absolute atomic E-state index is 12.3. The summed E-state index contributed by atoms with van der Waals surface area (Å²) in [7, 11) is -3.29. The third kappa shape index (κ3) is 4.59. The Morgan fingerprint density at radius 2 is 1.93 bits per heavy atom. The number of halogens is 1. The molecule has 1 heterocycles. The van der Waals surface area contributed by atoms with Gasteiger partial charge < -0.3 is 10.1 Å². The van der Waals surface area contributed by atoms with Crippen LogP contribution in [0.3, 0.4) is 0 Å². The van der Waals surface area contributed by atoms with Crippen LogP contribution in [0.4, 0.5) is 11.4 Å². The number of rotatable bonds is 6. The van der Waals surface area contributed by atoms with Crippen LogP contribution in [0, 0.1) is 13.8 Å². The Bertz CT molecular complexity index is 971. The largest absolute Gasteiger partial charge is 0.493 e. The molecular weight excluding hydrogens is 400 g/mol. The molecule has 0 bridgehead atoms. The Morgan fingerprint density at radius 1 is 1.21 bits per heavy atom. The highest BCUT2D eigenvalue weighted by Gasteiger charge is 2.28. The van der Waals surface area contributed by atoms with E-state index in [1.54, 1.807) is 18.2 Å². The summed E-state index contributed by atoms with van der Waals surface area (Å²) in [4.78, 5) is 12.3. The van der Waals surface area contributed by atoms with Crippen molar-refractivity contribution in [2.24, 2.45) is 0 Å². The highest BCUT2D eigenvalue weighted by atomic mass is 35.5. The van der Waals surface area contributed by atoms with Gasteiger partial charge in [0.25, 0.3) is 0 Å². The average molecular weight is 423 g/mol. The van der Waals surface area contributed by atoms with Gasteiger partial charge in [0, 0.05) is 6.54 Å². The summed E-state index contributed by atoms with van der Waals surface area (Å²) in [5.41, 5.74) is 2.92. The highest BCUT2D eigenvalue weighted by Crippen LogP contribution is 2.31. The monoisotopic (exact) mass is 422 g/mol. The molecule has 6 nitrogen and oxygen atoms in total. The van der Waals surface area contributed by atoms with E-state index < -0.39 is 10.0 Å². The number of carbonyl (C=O) groups excluding carboxylic acids is 1. The molecule has 0 aliphatic carbocycles. The molecule has 1 amide bonds. The number of benzene rings is 2. The molecule has 1 aliphatic rings. The summed E-state index contributed by atoms with van der Waals surface area (Å²) in [6.07, 6.45) is 0.735. The Morgan fingerprint density at radius 3 is 2.57 bits per heavy atom. The Labute approximate surface area is 170 Å². The van der Waals surface area contributed by atoms with Crippen LogP contribution in [-0.4, -0.2) is 33.2 Å². The summed E-state index contributed by atoms with van der Waals surface area (Å²) in [6.45, 7) is 4.58. The molecule has 28 heavy (non-hydrogen) atoms. The maximum Gasteiger partial charge on any atom is 0.235 e. The van der Waals surface area contributed by atoms with Gasteiger partial charge in [-0.2, -0.15) is 0 Å². The quantitative estimate of drug-likeness (QED) is 0.765. The topological polar surface area (TPSA) is 75.7 Å². The second kappa shape index (κ2) is 8.41. The first-order valence-corrected chi connectivity index (χ1v) is 11.1. The normalized spacial score (nSPS) is 15.5. The number of amides is 1. The van der Waals surface area contributed by atoms with Gasteiger partial charge in [-0.15, -0.1) is 0 Å². The second-order valence-corrected chi connectivity index (χ2v) is 9.19. The molecule has 1 N–H and O–H groups in total. The number of anilines is 2. The van der Waals surface area contributed by atoms with Gasteiger partial charge in [0.1, 0.15) is 5.75 Å². The van der Waals surface area contributed by atoms with E-state index >= 15 is 0 Å². The van der Waals surface area contributed by atoms with Gasteiger partial charge in [-0.05, 0) is 49.6 Å². The van der Waals surface area contributed by atoms with E-state index in [1.165, 1.54) is 4.31 Å². The number of carbonyl (C=O) groups is 1. The van der Waals surface area contributed by atoms with Crippen LogP contribution < -0.4 is 14.4 Å². The van der Waals surface area contributed by atoms with E-state index in [0.29, 0.717) is 29.4 Å². The number of para-hydroxylation sites is 1. The number of sulfonamides is 1. The molecule has 2 aromatic rings. The first kappa shape index (κ1) is 20.5. The van der Waals surface area contributed by atoms with E-state index in [4.69, 9.17) is 16.3 Å². The molecule has 8 heteroatoms. The summed E-state index contributed by atoms with van der Waals surface area (Å²) in [6, 6.07) is 10.7. The molecule has 3 rings (SSSR count). The Balaban J connectivity index is 1.63. The van der Waals surface area contributed by atoms with Crippen molar-refractivity contribution >= 4 is 38.9 Å². The molecule has 150 valence electrons. The minimum Gasteiger partial charge on any atom is -0.493 e. The van der Waals surface area contributed by atoms with Crippen LogP contribution in [-0.2, 0) is 14.8 Å². The number of aryl methyl sites for hydroxylation is 2. The number of ether oxygens (including phenoxy) is 1. The van der Waals surface area contributed by atoms with Crippen LogP contribution in [0.25, 0.3) is 0 Å². The third-order valence-corrected chi connectivity index (χ3v) is 6.79. The minimum atomic E-state index is -3.29. The second-order valence-electron chi connectivity index (χ2n) is 6.77. The molecule has 0 spiro atoms. The first-order valence-electron chi connectivity index (χ1n) is 9.07. The standard InChI is InChI=1S/C20H23ClN2O4S/c1-14-5-3-6-15(2)20(14)27-11-9-19(24)22-18-13-16(7-8-17(18)21)23-10-4-12-28(23,25)26/h3,5-8,13H,4,9-12H2,1-2H3,(H,22,24). The smallest absolute Gasteiger partial charge is 0.235 e. The first-order chi connectivity index (χ1) is 13.3. The fourth-order valence-electron chi connectivity index (χ4n) is 3.18. The van der Waals surface area contributed by atoms with E-state index in [9.17, 15) is 13.2 Å². The van der Waals surface area contributed by atoms with Crippen molar-refractivity contribution in [2.45, 2.75) is 26.7 Å². The van der Waals surface area contributed by atoms with Gasteiger partial charge in [-0.1, -0.05) is 29.8 Å².